The summed E-state index contributed by atoms with van der Waals surface area (Å²) >= 11 is 0. The second kappa shape index (κ2) is 11.0. The lowest BCUT2D eigenvalue weighted by atomic mass is 9.85. The molecule has 4 rings (SSSR count). The Morgan fingerprint density at radius 1 is 0.861 bits per heavy atom. The van der Waals surface area contributed by atoms with Gasteiger partial charge in [0.05, 0.1) is 22.7 Å². The zero-order valence-electron chi connectivity index (χ0n) is 21.1. The molecule has 9 heteroatoms. The molecule has 2 aromatic carbocycles. The largest absolute Gasteiger partial charge is 0.497 e. The molecule has 0 aromatic heterocycles. The van der Waals surface area contributed by atoms with Gasteiger partial charge < -0.3 is 9.64 Å². The molecular weight excluding hydrogens is 496 g/mol. The van der Waals surface area contributed by atoms with Crippen LogP contribution in [0.4, 0.5) is 0 Å². The lowest BCUT2D eigenvalue weighted by Crippen LogP contribution is -2.49. The van der Waals surface area contributed by atoms with E-state index < -0.39 is 19.9 Å². The van der Waals surface area contributed by atoms with E-state index in [-0.39, 0.29) is 15.5 Å². The maximum atomic E-state index is 13.0. The molecule has 0 radical (unpaired) electrons. The van der Waals surface area contributed by atoms with Gasteiger partial charge in [0.25, 0.3) is 0 Å². The number of sulfone groups is 1. The molecule has 2 heterocycles. The minimum absolute atomic E-state index is 0.166. The topological polar surface area (TPSA) is 84.0 Å². The first-order valence-corrected chi connectivity index (χ1v) is 15.6. The summed E-state index contributed by atoms with van der Waals surface area (Å²) in [5, 5.41) is 0. The molecule has 0 N–H and O–H groups in total. The molecule has 2 aliphatic rings. The second-order valence-corrected chi connectivity index (χ2v) is 13.8. The van der Waals surface area contributed by atoms with Crippen molar-refractivity contribution < 1.29 is 21.6 Å². The maximum Gasteiger partial charge on any atom is 0.213 e. The van der Waals surface area contributed by atoms with E-state index in [2.05, 4.69) is 11.5 Å². The molecule has 0 aliphatic carbocycles. The van der Waals surface area contributed by atoms with Crippen LogP contribution in [-0.4, -0.2) is 71.1 Å². The van der Waals surface area contributed by atoms with Crippen molar-refractivity contribution in [3.05, 3.63) is 60.7 Å². The third kappa shape index (κ3) is 5.69. The molecule has 0 saturated carbocycles. The van der Waals surface area contributed by atoms with Gasteiger partial charge in [0.15, 0.2) is 0 Å². The predicted molar refractivity (Wildman–Crippen MR) is 142 cm³/mol. The van der Waals surface area contributed by atoms with Gasteiger partial charge in [-0.3, -0.25) is 0 Å². The van der Waals surface area contributed by atoms with Gasteiger partial charge in [-0.05, 0) is 99.1 Å². The monoisotopic (exact) mass is 532 g/mol. The fourth-order valence-electron chi connectivity index (χ4n) is 5.26. The highest BCUT2D eigenvalue weighted by molar-refractivity contribution is 7.91. The Morgan fingerprint density at radius 2 is 1.39 bits per heavy atom. The van der Waals surface area contributed by atoms with Crippen molar-refractivity contribution in [3.8, 4) is 5.75 Å². The summed E-state index contributed by atoms with van der Waals surface area (Å²) in [6.45, 7) is 9.21. The summed E-state index contributed by atoms with van der Waals surface area (Å²) in [7, 11) is -5.15. The van der Waals surface area contributed by atoms with Gasteiger partial charge in [-0.2, -0.15) is 0 Å². The van der Waals surface area contributed by atoms with Crippen molar-refractivity contribution >= 4 is 25.4 Å². The molecule has 2 aliphatic heterocycles. The van der Waals surface area contributed by atoms with Crippen LogP contribution in [0.15, 0.2) is 64.9 Å². The van der Waals surface area contributed by atoms with E-state index in [0.717, 1.165) is 49.9 Å². The van der Waals surface area contributed by atoms with Gasteiger partial charge in [-0.15, -0.1) is 0 Å². The van der Waals surface area contributed by atoms with Crippen molar-refractivity contribution in [1.29, 1.82) is 0 Å². The standard InChI is InChI=1S/C27H36N2O5S2/c1-4-35(30,31)29-19-15-24(16-20-29)28-17-13-23(14-18-28)21(2)22-5-9-26(10-6-22)36(32,33)27-11-7-25(34-3)8-12-27/h5-12,23-24H,2,4,13-20H2,1,3H3. The molecule has 0 unspecified atom stereocenters. The normalized spacial score (nSPS) is 19.3. The van der Waals surface area contributed by atoms with Crippen LogP contribution < -0.4 is 4.74 Å². The van der Waals surface area contributed by atoms with E-state index in [9.17, 15) is 16.8 Å². The molecule has 0 bridgehead atoms. The predicted octanol–water partition coefficient (Wildman–Crippen LogP) is 4.07. The summed E-state index contributed by atoms with van der Waals surface area (Å²) in [6.07, 6.45) is 3.76. The highest BCUT2D eigenvalue weighted by atomic mass is 32.2. The number of allylic oxidation sites excluding steroid dienone is 1. The Kier molecular flexibility index (Phi) is 8.24. The van der Waals surface area contributed by atoms with Crippen molar-refractivity contribution in [2.45, 2.75) is 48.4 Å². The number of methoxy groups -OCH3 is 1. The lowest BCUT2D eigenvalue weighted by Gasteiger charge is -2.41. The molecule has 0 atom stereocenters. The van der Waals surface area contributed by atoms with Crippen LogP contribution in [0, 0.1) is 5.92 Å². The van der Waals surface area contributed by atoms with E-state index in [1.54, 1.807) is 54.7 Å². The number of rotatable bonds is 8. The highest BCUT2D eigenvalue weighted by Crippen LogP contribution is 2.33. The molecule has 2 saturated heterocycles. The van der Waals surface area contributed by atoms with Crippen molar-refractivity contribution in [2.75, 3.05) is 39.0 Å². The first-order chi connectivity index (χ1) is 17.2. The van der Waals surface area contributed by atoms with Crippen LogP contribution in [0.25, 0.3) is 5.57 Å². The van der Waals surface area contributed by atoms with Crippen LogP contribution in [0.2, 0.25) is 0 Å². The quantitative estimate of drug-likeness (QED) is 0.510. The first kappa shape index (κ1) is 26.9. The van der Waals surface area contributed by atoms with E-state index in [0.29, 0.717) is 30.8 Å². The van der Waals surface area contributed by atoms with Crippen LogP contribution in [0.5, 0.6) is 5.75 Å². The van der Waals surface area contributed by atoms with Crippen LogP contribution in [0.3, 0.4) is 0 Å². The molecule has 196 valence electrons. The Labute approximate surface area is 215 Å². The number of nitrogens with zero attached hydrogens (tertiary/aromatic N) is 2. The van der Waals surface area contributed by atoms with Gasteiger partial charge in [0.2, 0.25) is 19.9 Å². The maximum absolute atomic E-state index is 13.0. The average Bonchev–Trinajstić information content (AvgIpc) is 2.93. The fourth-order valence-corrected chi connectivity index (χ4v) is 7.65. The fraction of sp³-hybridized carbons (Fsp3) is 0.481. The van der Waals surface area contributed by atoms with Gasteiger partial charge in [-0.25, -0.2) is 21.1 Å². The summed E-state index contributed by atoms with van der Waals surface area (Å²) in [6, 6.07) is 13.9. The summed E-state index contributed by atoms with van der Waals surface area (Å²) in [4.78, 5) is 3.00. The molecule has 2 aromatic rings. The number of hydrogen-bond acceptors (Lipinski definition) is 6. The number of likely N-dealkylation sites (tertiary alicyclic amines) is 1. The minimum Gasteiger partial charge on any atom is -0.497 e. The van der Waals surface area contributed by atoms with Crippen molar-refractivity contribution in [2.24, 2.45) is 5.92 Å². The Bertz CT molecular complexity index is 1260. The molecule has 36 heavy (non-hydrogen) atoms. The summed E-state index contributed by atoms with van der Waals surface area (Å²) < 4.78 is 57.0. The van der Waals surface area contributed by atoms with Gasteiger partial charge in [0.1, 0.15) is 5.75 Å². The molecule has 7 nitrogen and oxygen atoms in total. The molecule has 0 amide bonds. The van der Waals surface area contributed by atoms with Crippen molar-refractivity contribution in [1.82, 2.24) is 9.21 Å². The number of piperidine rings is 2. The van der Waals surface area contributed by atoms with Gasteiger partial charge >= 0.3 is 0 Å². The summed E-state index contributed by atoms with van der Waals surface area (Å²) in [5.41, 5.74) is 2.02. The van der Waals surface area contributed by atoms with Gasteiger partial charge in [0, 0.05) is 19.1 Å². The zero-order valence-corrected chi connectivity index (χ0v) is 22.7. The Morgan fingerprint density at radius 3 is 1.89 bits per heavy atom. The Balaban J connectivity index is 1.33. The summed E-state index contributed by atoms with van der Waals surface area (Å²) in [5.74, 6) is 1.13. The highest BCUT2D eigenvalue weighted by Gasteiger charge is 2.32. The Hall–Kier alpha value is -2.20. The molecule has 0 spiro atoms. The van der Waals surface area contributed by atoms with Crippen LogP contribution in [-0.2, 0) is 19.9 Å². The van der Waals surface area contributed by atoms with Crippen molar-refractivity contribution in [3.63, 3.8) is 0 Å². The second-order valence-electron chi connectivity index (χ2n) is 9.57. The van der Waals surface area contributed by atoms with E-state index >= 15 is 0 Å². The first-order valence-electron chi connectivity index (χ1n) is 12.6. The third-order valence-corrected chi connectivity index (χ3v) is 11.3. The lowest BCUT2D eigenvalue weighted by molar-refractivity contribution is 0.107. The zero-order chi connectivity index (χ0) is 25.9. The third-order valence-electron chi connectivity index (χ3n) is 7.63. The SMILES string of the molecule is C=C(c1ccc(S(=O)(=O)c2ccc(OC)cc2)cc1)C1CCN(C2CCN(S(=O)(=O)CC)CC2)CC1. The number of ether oxygens (including phenoxy) is 1. The van der Waals surface area contributed by atoms with E-state index in [1.165, 1.54) is 0 Å². The smallest absolute Gasteiger partial charge is 0.213 e. The molecule has 2 fully saturated rings. The average molecular weight is 533 g/mol. The van der Waals surface area contributed by atoms with Gasteiger partial charge in [-0.1, -0.05) is 18.7 Å². The van der Waals surface area contributed by atoms with Crippen LogP contribution in [0.1, 0.15) is 38.2 Å². The van der Waals surface area contributed by atoms with E-state index in [4.69, 9.17) is 4.74 Å². The number of sulfonamides is 1. The van der Waals surface area contributed by atoms with Crippen LogP contribution >= 0.6 is 0 Å². The van der Waals surface area contributed by atoms with E-state index in [1.807, 2.05) is 12.1 Å². The number of benzene rings is 2. The minimum atomic E-state index is -3.60. The number of hydrogen-bond donors (Lipinski definition) is 0. The molecular formula is C27H36N2O5S2.